The van der Waals surface area contributed by atoms with Crippen molar-refractivity contribution in [1.29, 1.82) is 0 Å². The first kappa shape index (κ1) is 24.2. The molecular formula is C24H37ClN2OS. The van der Waals surface area contributed by atoms with Gasteiger partial charge in [0.05, 0.1) is 5.69 Å². The van der Waals surface area contributed by atoms with Crippen molar-refractivity contribution in [2.45, 2.75) is 97.1 Å². The maximum atomic E-state index is 10.9. The molecule has 162 valence electrons. The molecule has 5 heteroatoms. The average Bonchev–Trinajstić information content (AvgIpc) is 3.08. The molecule has 2 aromatic rings. The lowest BCUT2D eigenvalue weighted by Gasteiger charge is -2.28. The quantitative estimate of drug-likeness (QED) is 0.544. The van der Waals surface area contributed by atoms with Gasteiger partial charge in [-0.2, -0.15) is 0 Å². The van der Waals surface area contributed by atoms with Crippen LogP contribution in [0.1, 0.15) is 89.8 Å². The molecule has 1 heterocycles. The minimum absolute atomic E-state index is 0. The monoisotopic (exact) mass is 436 g/mol. The van der Waals surface area contributed by atoms with Crippen LogP contribution in [0.25, 0.3) is 11.3 Å². The summed E-state index contributed by atoms with van der Waals surface area (Å²) in [4.78, 5) is 4.92. The number of thiazole rings is 1. The molecule has 0 bridgehead atoms. The number of phenols is 1. The number of aromatic hydroxyl groups is 1. The Morgan fingerprint density at radius 2 is 1.55 bits per heavy atom. The summed E-state index contributed by atoms with van der Waals surface area (Å²) in [5.74, 6) is 0.429. The Bertz CT molecular complexity index is 776. The molecule has 1 aliphatic carbocycles. The lowest BCUT2D eigenvalue weighted by Crippen LogP contribution is -2.30. The van der Waals surface area contributed by atoms with Crippen LogP contribution >= 0.6 is 23.7 Å². The first-order chi connectivity index (χ1) is 13.1. The molecule has 0 saturated heterocycles. The molecule has 1 aromatic carbocycles. The number of nitrogens with zero attached hydrogens (tertiary/aromatic N) is 1. The molecule has 0 radical (unpaired) electrons. The third-order valence-electron chi connectivity index (χ3n) is 5.72. The highest BCUT2D eigenvalue weighted by Crippen LogP contribution is 2.42. The highest BCUT2D eigenvalue weighted by Gasteiger charge is 2.27. The molecule has 0 amide bonds. The summed E-state index contributed by atoms with van der Waals surface area (Å²) in [7, 11) is 0. The molecule has 1 aliphatic rings. The molecule has 29 heavy (non-hydrogen) atoms. The predicted octanol–water partition coefficient (Wildman–Crippen LogP) is 6.95. The first-order valence-corrected chi connectivity index (χ1v) is 11.5. The van der Waals surface area contributed by atoms with E-state index in [-0.39, 0.29) is 23.2 Å². The average molecular weight is 437 g/mol. The molecule has 0 atom stereocenters. The number of hydrogen-bond acceptors (Lipinski definition) is 4. The van der Waals surface area contributed by atoms with Crippen molar-refractivity contribution in [2.75, 3.05) is 0 Å². The lowest BCUT2D eigenvalue weighted by molar-refractivity contribution is 0.372. The minimum atomic E-state index is -0.124. The summed E-state index contributed by atoms with van der Waals surface area (Å²) >= 11 is 1.73. The molecule has 3 rings (SSSR count). The van der Waals surface area contributed by atoms with Gasteiger partial charge >= 0.3 is 0 Å². The fourth-order valence-corrected chi connectivity index (χ4v) is 4.74. The number of rotatable bonds is 4. The van der Waals surface area contributed by atoms with Crippen molar-refractivity contribution < 1.29 is 5.11 Å². The van der Waals surface area contributed by atoms with Crippen molar-refractivity contribution in [3.05, 3.63) is 33.6 Å². The van der Waals surface area contributed by atoms with Gasteiger partial charge in [0, 0.05) is 34.7 Å². The Morgan fingerprint density at radius 3 is 2.07 bits per heavy atom. The molecule has 0 spiro atoms. The van der Waals surface area contributed by atoms with E-state index in [9.17, 15) is 5.11 Å². The molecule has 1 fully saturated rings. The number of aromatic nitrogens is 1. The Morgan fingerprint density at radius 1 is 1.00 bits per heavy atom. The standard InChI is InChI=1S/C24H36N2OS.ClH/c1-23(2,3)18-12-16(13-19(22(18)27)24(4,5)6)20-15-28-21(26-20)14-25-17-10-8-7-9-11-17;/h12-13,15,17,25,27H,7-11,14H2,1-6H3;1H. The fourth-order valence-electron chi connectivity index (χ4n) is 3.99. The van der Waals surface area contributed by atoms with Gasteiger partial charge in [-0.3, -0.25) is 0 Å². The van der Waals surface area contributed by atoms with Gasteiger partial charge in [-0.25, -0.2) is 4.98 Å². The topological polar surface area (TPSA) is 45.2 Å². The van der Waals surface area contributed by atoms with Crippen LogP contribution in [0.2, 0.25) is 0 Å². The van der Waals surface area contributed by atoms with Gasteiger partial charge in [0.25, 0.3) is 0 Å². The van der Waals surface area contributed by atoms with Gasteiger partial charge < -0.3 is 10.4 Å². The Kier molecular flexibility index (Phi) is 7.80. The number of benzene rings is 1. The van der Waals surface area contributed by atoms with Crippen LogP contribution in [0.3, 0.4) is 0 Å². The summed E-state index contributed by atoms with van der Waals surface area (Å²) in [6.45, 7) is 13.8. The van der Waals surface area contributed by atoms with Crippen molar-refractivity contribution >= 4 is 23.7 Å². The third-order valence-corrected chi connectivity index (χ3v) is 6.57. The summed E-state index contributed by atoms with van der Waals surface area (Å²) in [6.07, 6.45) is 6.66. The van der Waals surface area contributed by atoms with E-state index in [4.69, 9.17) is 4.98 Å². The van der Waals surface area contributed by atoms with E-state index in [0.29, 0.717) is 11.8 Å². The molecule has 3 nitrogen and oxygen atoms in total. The van der Waals surface area contributed by atoms with E-state index < -0.39 is 0 Å². The Labute approximate surface area is 186 Å². The molecule has 0 aliphatic heterocycles. The van der Waals surface area contributed by atoms with Gasteiger partial charge in [-0.05, 0) is 35.8 Å². The van der Waals surface area contributed by atoms with Crippen LogP contribution in [-0.2, 0) is 17.4 Å². The third kappa shape index (κ3) is 5.96. The highest BCUT2D eigenvalue weighted by atomic mass is 35.5. The minimum Gasteiger partial charge on any atom is -0.507 e. The van der Waals surface area contributed by atoms with Crippen molar-refractivity contribution in [3.8, 4) is 17.0 Å². The van der Waals surface area contributed by atoms with E-state index >= 15 is 0 Å². The zero-order valence-electron chi connectivity index (χ0n) is 18.8. The summed E-state index contributed by atoms with van der Waals surface area (Å²) in [5.41, 5.74) is 3.85. The SMILES string of the molecule is CC(C)(C)c1cc(-c2csc(CNC3CCCCC3)n2)cc(C(C)(C)C)c1O.Cl. The van der Waals surface area contributed by atoms with Gasteiger partial charge in [0.15, 0.2) is 0 Å². The maximum Gasteiger partial charge on any atom is 0.123 e. The molecule has 0 unspecified atom stereocenters. The van der Waals surface area contributed by atoms with E-state index in [1.54, 1.807) is 11.3 Å². The van der Waals surface area contributed by atoms with Crippen molar-refractivity contribution in [2.24, 2.45) is 0 Å². The second-order valence-corrected chi connectivity index (χ2v) is 11.2. The van der Waals surface area contributed by atoms with Gasteiger partial charge in [-0.15, -0.1) is 23.7 Å². The van der Waals surface area contributed by atoms with Gasteiger partial charge in [-0.1, -0.05) is 60.8 Å². The van der Waals surface area contributed by atoms with Crippen LogP contribution in [0, 0.1) is 0 Å². The van der Waals surface area contributed by atoms with E-state index in [0.717, 1.165) is 33.9 Å². The van der Waals surface area contributed by atoms with E-state index in [2.05, 4.69) is 64.4 Å². The van der Waals surface area contributed by atoms with Crippen LogP contribution in [-0.4, -0.2) is 16.1 Å². The zero-order chi connectivity index (χ0) is 20.5. The van der Waals surface area contributed by atoms with E-state index in [1.807, 2.05) is 0 Å². The predicted molar refractivity (Wildman–Crippen MR) is 128 cm³/mol. The normalized spacial score (nSPS) is 15.9. The lowest BCUT2D eigenvalue weighted by atomic mass is 9.78. The smallest absolute Gasteiger partial charge is 0.123 e. The summed E-state index contributed by atoms with van der Waals surface area (Å²) < 4.78 is 0. The molecule has 2 N–H and O–H groups in total. The first-order valence-electron chi connectivity index (χ1n) is 10.6. The fraction of sp³-hybridized carbons (Fsp3) is 0.625. The Balaban J connectivity index is 0.00000300. The number of halogens is 1. The van der Waals surface area contributed by atoms with E-state index in [1.165, 1.54) is 32.1 Å². The van der Waals surface area contributed by atoms with Crippen LogP contribution in [0.4, 0.5) is 0 Å². The highest BCUT2D eigenvalue weighted by molar-refractivity contribution is 7.09. The van der Waals surface area contributed by atoms with Gasteiger partial charge in [0.2, 0.25) is 0 Å². The van der Waals surface area contributed by atoms with Crippen molar-refractivity contribution in [1.82, 2.24) is 10.3 Å². The largest absolute Gasteiger partial charge is 0.507 e. The zero-order valence-corrected chi connectivity index (χ0v) is 20.4. The molecule has 1 saturated carbocycles. The summed E-state index contributed by atoms with van der Waals surface area (Å²) in [5, 5.41) is 17.9. The summed E-state index contributed by atoms with van der Waals surface area (Å²) in [6, 6.07) is 4.89. The number of hydrogen-bond donors (Lipinski definition) is 2. The Hall–Kier alpha value is -1.10. The maximum absolute atomic E-state index is 10.9. The van der Waals surface area contributed by atoms with Crippen LogP contribution < -0.4 is 5.32 Å². The molecule has 1 aromatic heterocycles. The molecular weight excluding hydrogens is 400 g/mol. The second-order valence-electron chi connectivity index (χ2n) is 10.3. The number of phenolic OH excluding ortho intramolecular Hbond substituents is 1. The van der Waals surface area contributed by atoms with Crippen molar-refractivity contribution in [3.63, 3.8) is 0 Å². The second kappa shape index (κ2) is 9.36. The van der Waals surface area contributed by atoms with Gasteiger partial charge in [0.1, 0.15) is 10.8 Å². The van der Waals surface area contributed by atoms with Crippen LogP contribution in [0.5, 0.6) is 5.75 Å². The van der Waals surface area contributed by atoms with Crippen LogP contribution in [0.15, 0.2) is 17.5 Å². The number of nitrogens with one attached hydrogen (secondary N) is 1.